The van der Waals surface area contributed by atoms with Crippen LogP contribution in [0.3, 0.4) is 0 Å². The van der Waals surface area contributed by atoms with Gasteiger partial charge in [-0.25, -0.2) is 8.42 Å². The second kappa shape index (κ2) is 6.26. The van der Waals surface area contributed by atoms with E-state index in [1.807, 2.05) is 6.92 Å². The predicted octanol–water partition coefficient (Wildman–Crippen LogP) is 3.82. The van der Waals surface area contributed by atoms with Crippen LogP contribution in [0.15, 0.2) is 17.3 Å². The number of nitrogens with zero attached hydrogens (tertiary/aromatic N) is 1. The molecular formula is C14H17Cl2NO4S. The second-order valence-electron chi connectivity index (χ2n) is 5.58. The van der Waals surface area contributed by atoms with Gasteiger partial charge in [-0.1, -0.05) is 28.4 Å². The van der Waals surface area contributed by atoms with Gasteiger partial charge in [0.25, 0.3) is 0 Å². The lowest BCUT2D eigenvalue weighted by Crippen LogP contribution is -2.23. The molecule has 1 aromatic carbocycles. The van der Waals surface area contributed by atoms with Gasteiger partial charge < -0.3 is 9.57 Å². The van der Waals surface area contributed by atoms with Crippen LogP contribution in [-0.4, -0.2) is 25.7 Å². The second-order valence-corrected chi connectivity index (χ2v) is 8.38. The van der Waals surface area contributed by atoms with Crippen molar-refractivity contribution in [2.24, 2.45) is 5.16 Å². The van der Waals surface area contributed by atoms with Gasteiger partial charge in [0.05, 0.1) is 17.4 Å². The first-order chi connectivity index (χ1) is 10.1. The van der Waals surface area contributed by atoms with E-state index in [1.54, 1.807) is 13.8 Å². The molecule has 1 aliphatic rings. The van der Waals surface area contributed by atoms with Crippen molar-refractivity contribution in [1.29, 1.82) is 0 Å². The monoisotopic (exact) mass is 365 g/mol. The highest BCUT2D eigenvalue weighted by Gasteiger charge is 2.36. The van der Waals surface area contributed by atoms with Gasteiger partial charge in [-0.2, -0.15) is 0 Å². The summed E-state index contributed by atoms with van der Waals surface area (Å²) in [6, 6.07) is 3.03. The van der Waals surface area contributed by atoms with E-state index in [9.17, 15) is 8.42 Å². The Labute approximate surface area is 140 Å². The van der Waals surface area contributed by atoms with Gasteiger partial charge in [-0.05, 0) is 32.4 Å². The molecule has 122 valence electrons. The third-order valence-corrected chi connectivity index (χ3v) is 5.35. The lowest BCUT2D eigenvalue weighted by molar-refractivity contribution is 0.0123. The van der Waals surface area contributed by atoms with Crippen LogP contribution < -0.4 is 4.74 Å². The van der Waals surface area contributed by atoms with Crippen LogP contribution in [0.1, 0.15) is 32.8 Å². The lowest BCUT2D eigenvalue weighted by atomic mass is 10.1. The van der Waals surface area contributed by atoms with Gasteiger partial charge in [-0.3, -0.25) is 0 Å². The van der Waals surface area contributed by atoms with E-state index >= 15 is 0 Å². The van der Waals surface area contributed by atoms with Crippen molar-refractivity contribution in [3.63, 3.8) is 0 Å². The number of halogens is 2. The first-order valence-electron chi connectivity index (χ1n) is 6.73. The quantitative estimate of drug-likeness (QED) is 0.813. The SMILES string of the molecule is CCOc1cc(Cl)c(CS(=O)(=O)C2=NOC(C)(C)C2)cc1Cl. The van der Waals surface area contributed by atoms with Crippen LogP contribution in [0.4, 0.5) is 0 Å². The maximum Gasteiger partial charge on any atom is 0.199 e. The van der Waals surface area contributed by atoms with Crippen molar-refractivity contribution in [3.8, 4) is 5.75 Å². The number of oxime groups is 1. The maximum absolute atomic E-state index is 12.4. The Hall–Kier alpha value is -0.980. The molecule has 0 spiro atoms. The first-order valence-corrected chi connectivity index (χ1v) is 9.14. The summed E-state index contributed by atoms with van der Waals surface area (Å²) in [5, 5.41) is 4.32. The van der Waals surface area contributed by atoms with Gasteiger partial charge in [0.15, 0.2) is 14.9 Å². The van der Waals surface area contributed by atoms with Crippen molar-refractivity contribution in [2.75, 3.05) is 6.61 Å². The van der Waals surface area contributed by atoms with E-state index in [1.165, 1.54) is 12.1 Å². The molecule has 0 saturated heterocycles. The molecule has 0 fully saturated rings. The molecule has 0 saturated carbocycles. The third-order valence-electron chi connectivity index (χ3n) is 3.08. The molecule has 0 bridgehead atoms. The fourth-order valence-corrected chi connectivity index (χ4v) is 4.08. The normalized spacial score (nSPS) is 17.0. The number of rotatable bonds is 4. The van der Waals surface area contributed by atoms with E-state index in [-0.39, 0.29) is 22.2 Å². The average Bonchev–Trinajstić information content (AvgIpc) is 2.77. The van der Waals surface area contributed by atoms with Crippen LogP contribution in [0.2, 0.25) is 10.0 Å². The number of benzene rings is 1. The molecule has 0 amide bonds. The summed E-state index contributed by atoms with van der Waals surface area (Å²) in [7, 11) is -3.61. The number of hydrogen-bond donors (Lipinski definition) is 0. The van der Waals surface area contributed by atoms with Gasteiger partial charge in [-0.15, -0.1) is 0 Å². The summed E-state index contributed by atoms with van der Waals surface area (Å²) < 4.78 is 30.2. The zero-order valence-electron chi connectivity index (χ0n) is 12.5. The minimum absolute atomic E-state index is 0.0265. The highest BCUT2D eigenvalue weighted by molar-refractivity contribution is 8.05. The Morgan fingerprint density at radius 2 is 2.00 bits per heavy atom. The molecule has 1 aromatic rings. The number of ether oxygens (including phenoxy) is 1. The molecule has 0 radical (unpaired) electrons. The minimum Gasteiger partial charge on any atom is -0.492 e. The maximum atomic E-state index is 12.4. The van der Waals surface area contributed by atoms with Crippen LogP contribution in [-0.2, 0) is 20.4 Å². The minimum atomic E-state index is -3.61. The van der Waals surface area contributed by atoms with Gasteiger partial charge in [0.2, 0.25) is 0 Å². The summed E-state index contributed by atoms with van der Waals surface area (Å²) in [4.78, 5) is 5.11. The van der Waals surface area contributed by atoms with Gasteiger partial charge in [0, 0.05) is 17.5 Å². The zero-order valence-corrected chi connectivity index (χ0v) is 14.8. The van der Waals surface area contributed by atoms with E-state index in [0.29, 0.717) is 22.9 Å². The number of hydrogen-bond acceptors (Lipinski definition) is 5. The van der Waals surface area contributed by atoms with Crippen LogP contribution in [0.5, 0.6) is 5.75 Å². The fraction of sp³-hybridized carbons (Fsp3) is 0.500. The Morgan fingerprint density at radius 1 is 1.32 bits per heavy atom. The van der Waals surface area contributed by atoms with E-state index < -0.39 is 15.4 Å². The average molecular weight is 366 g/mol. The zero-order chi connectivity index (χ0) is 16.5. The Bertz CT molecular complexity index is 714. The Kier molecular flexibility index (Phi) is 4.94. The standard InChI is InChI=1S/C14H17Cl2NO4S/c1-4-20-12-6-10(15)9(5-11(12)16)8-22(18,19)13-7-14(2,3)21-17-13/h5-6H,4,7-8H2,1-3H3. The molecule has 0 aromatic heterocycles. The molecule has 0 N–H and O–H groups in total. The predicted molar refractivity (Wildman–Crippen MR) is 87.5 cm³/mol. The van der Waals surface area contributed by atoms with Crippen molar-refractivity contribution >= 4 is 38.1 Å². The summed E-state index contributed by atoms with van der Waals surface area (Å²) in [5.74, 6) is 0.147. The summed E-state index contributed by atoms with van der Waals surface area (Å²) in [5.41, 5.74) is -0.203. The van der Waals surface area contributed by atoms with Crippen molar-refractivity contribution in [2.45, 2.75) is 38.5 Å². The molecule has 5 nitrogen and oxygen atoms in total. The largest absolute Gasteiger partial charge is 0.492 e. The Balaban J connectivity index is 2.25. The fourth-order valence-electron chi connectivity index (χ4n) is 2.00. The highest BCUT2D eigenvalue weighted by atomic mass is 35.5. The smallest absolute Gasteiger partial charge is 0.199 e. The number of sulfone groups is 1. The molecule has 1 heterocycles. The summed E-state index contributed by atoms with van der Waals surface area (Å²) in [6.45, 7) is 5.82. The van der Waals surface area contributed by atoms with E-state index in [4.69, 9.17) is 32.8 Å². The molecule has 2 rings (SSSR count). The van der Waals surface area contributed by atoms with Crippen LogP contribution in [0, 0.1) is 0 Å². The van der Waals surface area contributed by atoms with E-state index in [2.05, 4.69) is 5.16 Å². The summed E-state index contributed by atoms with van der Waals surface area (Å²) in [6.07, 6.45) is 0.234. The highest BCUT2D eigenvalue weighted by Crippen LogP contribution is 2.33. The van der Waals surface area contributed by atoms with Crippen molar-refractivity contribution in [1.82, 2.24) is 0 Å². The topological polar surface area (TPSA) is 65.0 Å². The van der Waals surface area contributed by atoms with E-state index in [0.717, 1.165) is 0 Å². The summed E-state index contributed by atoms with van der Waals surface area (Å²) >= 11 is 12.2. The molecular weight excluding hydrogens is 349 g/mol. The first kappa shape index (κ1) is 17.4. The molecule has 0 aliphatic carbocycles. The molecule has 8 heteroatoms. The molecule has 1 aliphatic heterocycles. The molecule has 0 atom stereocenters. The van der Waals surface area contributed by atoms with Crippen LogP contribution in [0.25, 0.3) is 0 Å². The van der Waals surface area contributed by atoms with Crippen LogP contribution >= 0.6 is 23.2 Å². The molecule has 0 unspecified atom stereocenters. The van der Waals surface area contributed by atoms with Gasteiger partial charge >= 0.3 is 0 Å². The Morgan fingerprint density at radius 3 is 2.55 bits per heavy atom. The van der Waals surface area contributed by atoms with Crippen molar-refractivity contribution in [3.05, 3.63) is 27.7 Å². The lowest BCUT2D eigenvalue weighted by Gasteiger charge is -2.13. The van der Waals surface area contributed by atoms with Gasteiger partial charge in [0.1, 0.15) is 11.4 Å². The third kappa shape index (κ3) is 3.86. The van der Waals surface area contributed by atoms with Crippen molar-refractivity contribution < 1.29 is 18.0 Å². The molecule has 22 heavy (non-hydrogen) atoms.